The first-order valence-electron chi connectivity index (χ1n) is 5.33. The van der Waals surface area contributed by atoms with Crippen molar-refractivity contribution in [2.45, 2.75) is 6.92 Å². The maximum absolute atomic E-state index is 5.58. The molecule has 0 amide bonds. The summed E-state index contributed by atoms with van der Waals surface area (Å²) in [6, 6.07) is 18.0. The highest BCUT2D eigenvalue weighted by molar-refractivity contribution is 5.42. The third-order valence-corrected chi connectivity index (χ3v) is 2.28. The monoisotopic (exact) mass is 213 g/mol. The molecule has 0 saturated heterocycles. The van der Waals surface area contributed by atoms with E-state index in [0.29, 0.717) is 6.73 Å². The van der Waals surface area contributed by atoms with Crippen molar-refractivity contribution >= 4 is 5.69 Å². The maximum Gasteiger partial charge on any atom is 0.159 e. The lowest BCUT2D eigenvalue weighted by molar-refractivity contribution is 0.346. The van der Waals surface area contributed by atoms with Gasteiger partial charge in [-0.15, -0.1) is 0 Å². The minimum atomic E-state index is 0.480. The highest BCUT2D eigenvalue weighted by atomic mass is 16.5. The molecule has 0 aliphatic carbocycles. The first kappa shape index (κ1) is 10.6. The van der Waals surface area contributed by atoms with Crippen LogP contribution in [0.2, 0.25) is 0 Å². The zero-order valence-corrected chi connectivity index (χ0v) is 9.31. The molecule has 0 aromatic heterocycles. The van der Waals surface area contributed by atoms with Crippen LogP contribution in [0, 0.1) is 6.92 Å². The molecular weight excluding hydrogens is 198 g/mol. The molecule has 0 aliphatic heterocycles. The van der Waals surface area contributed by atoms with Crippen molar-refractivity contribution < 1.29 is 4.74 Å². The lowest BCUT2D eigenvalue weighted by Crippen LogP contribution is -2.08. The average Bonchev–Trinajstić information content (AvgIpc) is 2.30. The van der Waals surface area contributed by atoms with Gasteiger partial charge in [0.2, 0.25) is 0 Å². The standard InChI is InChI=1S/C14H15NO/c1-12-6-5-9-14(10-12)16-11-15-13-7-3-2-4-8-13/h2-10,15H,11H2,1H3. The van der Waals surface area contributed by atoms with Crippen LogP contribution in [-0.4, -0.2) is 6.73 Å². The molecule has 0 saturated carbocycles. The molecule has 0 radical (unpaired) electrons. The second-order valence-corrected chi connectivity index (χ2v) is 3.65. The number of aryl methyl sites for hydroxylation is 1. The molecule has 0 aliphatic rings. The van der Waals surface area contributed by atoms with Gasteiger partial charge >= 0.3 is 0 Å². The van der Waals surface area contributed by atoms with E-state index in [4.69, 9.17) is 4.74 Å². The second-order valence-electron chi connectivity index (χ2n) is 3.65. The van der Waals surface area contributed by atoms with Crippen LogP contribution in [0.25, 0.3) is 0 Å². The Balaban J connectivity index is 1.85. The van der Waals surface area contributed by atoms with E-state index in [-0.39, 0.29) is 0 Å². The number of benzene rings is 2. The molecule has 2 nitrogen and oxygen atoms in total. The Morgan fingerprint density at radius 2 is 1.81 bits per heavy atom. The van der Waals surface area contributed by atoms with Gasteiger partial charge in [0.25, 0.3) is 0 Å². The van der Waals surface area contributed by atoms with E-state index in [2.05, 4.69) is 18.3 Å². The van der Waals surface area contributed by atoms with Gasteiger partial charge in [-0.2, -0.15) is 0 Å². The molecule has 2 aromatic rings. The summed E-state index contributed by atoms with van der Waals surface area (Å²) in [5.74, 6) is 0.892. The molecule has 16 heavy (non-hydrogen) atoms. The largest absolute Gasteiger partial charge is 0.473 e. The van der Waals surface area contributed by atoms with Crippen LogP contribution in [0.15, 0.2) is 54.6 Å². The topological polar surface area (TPSA) is 21.3 Å². The van der Waals surface area contributed by atoms with Crippen LogP contribution >= 0.6 is 0 Å². The fraction of sp³-hybridized carbons (Fsp3) is 0.143. The van der Waals surface area contributed by atoms with Crippen molar-refractivity contribution in [3.8, 4) is 5.75 Å². The van der Waals surface area contributed by atoms with Crippen LogP contribution < -0.4 is 10.1 Å². The number of para-hydroxylation sites is 1. The molecule has 2 rings (SSSR count). The van der Waals surface area contributed by atoms with E-state index in [1.165, 1.54) is 5.56 Å². The zero-order chi connectivity index (χ0) is 11.2. The van der Waals surface area contributed by atoms with Gasteiger partial charge in [-0.1, -0.05) is 30.3 Å². The Bertz CT molecular complexity index is 439. The summed E-state index contributed by atoms with van der Waals surface area (Å²) in [6.45, 7) is 2.53. The Hall–Kier alpha value is -1.96. The van der Waals surface area contributed by atoms with E-state index in [0.717, 1.165) is 11.4 Å². The normalized spacial score (nSPS) is 9.81. The van der Waals surface area contributed by atoms with Crippen LogP contribution in [-0.2, 0) is 0 Å². The average molecular weight is 213 g/mol. The zero-order valence-electron chi connectivity index (χ0n) is 9.31. The summed E-state index contributed by atoms with van der Waals surface area (Å²) in [6.07, 6.45) is 0. The van der Waals surface area contributed by atoms with E-state index in [1.807, 2.05) is 48.5 Å². The van der Waals surface area contributed by atoms with Crippen LogP contribution in [0.1, 0.15) is 5.56 Å². The van der Waals surface area contributed by atoms with Gasteiger partial charge in [0, 0.05) is 5.69 Å². The Labute approximate surface area is 95.9 Å². The minimum absolute atomic E-state index is 0.480. The van der Waals surface area contributed by atoms with E-state index in [9.17, 15) is 0 Å². The summed E-state index contributed by atoms with van der Waals surface area (Å²) < 4.78 is 5.58. The SMILES string of the molecule is Cc1cccc(OCNc2ccccc2)c1. The smallest absolute Gasteiger partial charge is 0.159 e. The fourth-order valence-corrected chi connectivity index (χ4v) is 1.46. The Morgan fingerprint density at radius 1 is 1.00 bits per heavy atom. The van der Waals surface area contributed by atoms with Crippen molar-refractivity contribution in [1.82, 2.24) is 0 Å². The molecule has 0 spiro atoms. The summed E-state index contributed by atoms with van der Waals surface area (Å²) in [4.78, 5) is 0. The number of nitrogens with one attached hydrogen (secondary N) is 1. The number of ether oxygens (including phenoxy) is 1. The van der Waals surface area contributed by atoms with E-state index in [1.54, 1.807) is 0 Å². The summed E-state index contributed by atoms with van der Waals surface area (Å²) in [5.41, 5.74) is 2.27. The van der Waals surface area contributed by atoms with Gasteiger partial charge in [0.15, 0.2) is 6.73 Å². The van der Waals surface area contributed by atoms with Crippen LogP contribution in [0.4, 0.5) is 5.69 Å². The Kier molecular flexibility index (Phi) is 3.44. The molecule has 0 atom stereocenters. The van der Waals surface area contributed by atoms with Gasteiger partial charge in [0.05, 0.1) is 0 Å². The summed E-state index contributed by atoms with van der Waals surface area (Å²) in [5, 5.41) is 3.19. The van der Waals surface area contributed by atoms with Crippen molar-refractivity contribution in [2.24, 2.45) is 0 Å². The summed E-state index contributed by atoms with van der Waals surface area (Å²) in [7, 11) is 0. The molecular formula is C14H15NO. The minimum Gasteiger partial charge on any atom is -0.473 e. The lowest BCUT2D eigenvalue weighted by atomic mass is 10.2. The number of rotatable bonds is 4. The van der Waals surface area contributed by atoms with Gasteiger partial charge in [-0.3, -0.25) is 0 Å². The molecule has 0 fully saturated rings. The first-order valence-corrected chi connectivity index (χ1v) is 5.33. The maximum atomic E-state index is 5.58. The van der Waals surface area contributed by atoms with Crippen LogP contribution in [0.5, 0.6) is 5.75 Å². The third-order valence-electron chi connectivity index (χ3n) is 2.28. The predicted molar refractivity (Wildman–Crippen MR) is 66.7 cm³/mol. The molecule has 2 aromatic carbocycles. The third kappa shape index (κ3) is 3.02. The van der Waals surface area contributed by atoms with E-state index >= 15 is 0 Å². The highest BCUT2D eigenvalue weighted by Crippen LogP contribution is 2.12. The van der Waals surface area contributed by atoms with E-state index < -0.39 is 0 Å². The van der Waals surface area contributed by atoms with Gasteiger partial charge in [0.1, 0.15) is 5.75 Å². The molecule has 0 heterocycles. The second kappa shape index (κ2) is 5.21. The predicted octanol–water partition coefficient (Wildman–Crippen LogP) is 3.44. The molecule has 82 valence electrons. The van der Waals surface area contributed by atoms with Crippen molar-refractivity contribution in [2.75, 3.05) is 12.0 Å². The quantitative estimate of drug-likeness (QED) is 0.785. The number of hydrogen-bond acceptors (Lipinski definition) is 2. The fourth-order valence-electron chi connectivity index (χ4n) is 1.46. The van der Waals surface area contributed by atoms with Gasteiger partial charge in [-0.25, -0.2) is 0 Å². The van der Waals surface area contributed by atoms with Crippen LogP contribution in [0.3, 0.4) is 0 Å². The Morgan fingerprint density at radius 3 is 2.56 bits per heavy atom. The summed E-state index contributed by atoms with van der Waals surface area (Å²) >= 11 is 0. The number of anilines is 1. The van der Waals surface area contributed by atoms with Crippen molar-refractivity contribution in [1.29, 1.82) is 0 Å². The van der Waals surface area contributed by atoms with Crippen molar-refractivity contribution in [3.05, 3.63) is 60.2 Å². The van der Waals surface area contributed by atoms with Gasteiger partial charge in [-0.05, 0) is 36.8 Å². The highest BCUT2D eigenvalue weighted by Gasteiger charge is 1.93. The molecule has 2 heteroatoms. The van der Waals surface area contributed by atoms with Gasteiger partial charge < -0.3 is 10.1 Å². The number of hydrogen-bond donors (Lipinski definition) is 1. The first-order chi connectivity index (χ1) is 7.84. The molecule has 0 bridgehead atoms. The molecule has 1 N–H and O–H groups in total. The molecule has 0 unspecified atom stereocenters. The van der Waals surface area contributed by atoms with Crippen molar-refractivity contribution in [3.63, 3.8) is 0 Å². The lowest BCUT2D eigenvalue weighted by Gasteiger charge is -2.09.